The lowest BCUT2D eigenvalue weighted by molar-refractivity contribution is -0.136. The molecule has 3 spiro atoms. The topological polar surface area (TPSA) is 268 Å². The van der Waals surface area contributed by atoms with Gasteiger partial charge in [0.2, 0.25) is 11.8 Å². The number of para-hydroxylation sites is 1. The van der Waals surface area contributed by atoms with E-state index in [0.717, 1.165) is 46.4 Å². The molecular formula is C75H84F3N11O12. The van der Waals surface area contributed by atoms with E-state index in [2.05, 4.69) is 33.2 Å². The highest BCUT2D eigenvalue weighted by molar-refractivity contribution is 6.11. The molecule has 26 heteroatoms. The Balaban J connectivity index is 0.704. The van der Waals surface area contributed by atoms with E-state index in [9.17, 15) is 47.0 Å². The van der Waals surface area contributed by atoms with Gasteiger partial charge in [-0.05, 0) is 150 Å². The number of allylic oxidation sites excluding steroid dienone is 2. The van der Waals surface area contributed by atoms with E-state index in [4.69, 9.17) is 28.9 Å². The number of hydrogen-bond acceptors (Lipinski definition) is 15. The van der Waals surface area contributed by atoms with E-state index in [1.54, 1.807) is 67.9 Å². The van der Waals surface area contributed by atoms with E-state index in [1.807, 2.05) is 48.5 Å². The molecule has 0 bridgehead atoms. The lowest BCUT2D eigenvalue weighted by Crippen LogP contribution is -2.66. The second-order valence-electron chi connectivity index (χ2n) is 30.0. The van der Waals surface area contributed by atoms with Crippen molar-refractivity contribution >= 4 is 53.0 Å². The van der Waals surface area contributed by atoms with E-state index >= 15 is 4.79 Å². The number of carbonyl (C=O) groups excluding carboxylic acids is 7. The molecule has 4 aliphatic carbocycles. The molecule has 532 valence electrons. The zero-order chi connectivity index (χ0) is 70.9. The number of halogens is 3. The number of H-pyrrole nitrogens is 2. The number of imidazole rings is 3. The number of aryl methyl sites for hydroxylation is 1. The molecule has 9 aliphatic rings. The van der Waals surface area contributed by atoms with Crippen molar-refractivity contribution in [2.24, 2.45) is 0 Å². The molecule has 0 radical (unpaired) electrons. The van der Waals surface area contributed by atoms with Crippen LogP contribution in [0.5, 0.6) is 0 Å². The molecule has 15 rings (SSSR count). The minimum absolute atomic E-state index is 0.00634. The van der Waals surface area contributed by atoms with Crippen LogP contribution in [0.4, 0.5) is 38.9 Å². The van der Waals surface area contributed by atoms with Gasteiger partial charge < -0.3 is 63.1 Å². The lowest BCUT2D eigenvalue weighted by Gasteiger charge is -2.51. The molecule has 3 aromatic carbocycles. The molecule has 8 heterocycles. The van der Waals surface area contributed by atoms with E-state index in [-0.39, 0.29) is 113 Å². The molecule has 3 fully saturated rings. The first-order valence-electron chi connectivity index (χ1n) is 35.4. The van der Waals surface area contributed by atoms with Crippen molar-refractivity contribution in [1.82, 2.24) is 44.2 Å². The fourth-order valence-corrected chi connectivity index (χ4v) is 17.3. The number of rotatable bonds is 16. The monoisotopic (exact) mass is 1390 g/mol. The van der Waals surface area contributed by atoms with Crippen LogP contribution in [0, 0.1) is 0 Å². The van der Waals surface area contributed by atoms with Gasteiger partial charge >= 0.3 is 24.5 Å². The number of carbonyl (C=O) groups is 7. The number of likely N-dealkylation sites (tertiary alicyclic amines) is 3. The molecule has 5 aliphatic heterocycles. The van der Waals surface area contributed by atoms with Crippen molar-refractivity contribution in [3.63, 3.8) is 0 Å². The fraction of sp³-hybridized carbons (Fsp3) is 0.520. The third-order valence-corrected chi connectivity index (χ3v) is 22.1. The van der Waals surface area contributed by atoms with E-state index in [1.165, 1.54) is 9.80 Å². The van der Waals surface area contributed by atoms with Crippen LogP contribution in [0.2, 0.25) is 0 Å². The normalized spacial score (nSPS) is 22.4. The van der Waals surface area contributed by atoms with Crippen LogP contribution in [0.25, 0.3) is 0 Å². The highest BCUT2D eigenvalue weighted by Gasteiger charge is 2.62. The predicted molar refractivity (Wildman–Crippen MR) is 360 cm³/mol. The summed E-state index contributed by atoms with van der Waals surface area (Å²) < 4.78 is 66.4. The summed E-state index contributed by atoms with van der Waals surface area (Å²) in [7, 11) is 1.56. The van der Waals surface area contributed by atoms with Crippen molar-refractivity contribution in [2.75, 3.05) is 56.2 Å². The van der Waals surface area contributed by atoms with Crippen LogP contribution >= 0.6 is 0 Å². The highest BCUT2D eigenvalue weighted by atomic mass is 19.4. The van der Waals surface area contributed by atoms with Crippen LogP contribution in [-0.2, 0) is 101 Å². The number of hydrogen-bond donors (Lipinski definition) is 3. The van der Waals surface area contributed by atoms with Crippen molar-refractivity contribution in [3.05, 3.63) is 157 Å². The predicted octanol–water partition coefficient (Wildman–Crippen LogP) is 10.4. The zero-order valence-corrected chi connectivity index (χ0v) is 57.8. The largest absolute Gasteiger partial charge is 0.447 e. The summed E-state index contributed by atoms with van der Waals surface area (Å²) in [4.78, 5) is 127. The number of ketones is 2. The zero-order valence-electron chi connectivity index (χ0n) is 57.8. The molecule has 101 heavy (non-hydrogen) atoms. The van der Waals surface area contributed by atoms with Crippen molar-refractivity contribution in [3.8, 4) is 0 Å². The average molecular weight is 1390 g/mol. The summed E-state index contributed by atoms with van der Waals surface area (Å²) in [6.07, 6.45) is -2.97. The number of nitrogens with zero attached hydrogens (tertiary/aromatic N) is 9. The number of fused-ring (bicyclic) bond motifs is 9. The molecule has 3 N–H and O–H groups in total. The maximum Gasteiger partial charge on any atom is 0.410 e. The van der Waals surface area contributed by atoms with Gasteiger partial charge in [0, 0.05) is 102 Å². The summed E-state index contributed by atoms with van der Waals surface area (Å²) in [5.74, 6) is 0.506. The SMILES string of the molecule is COC1C[C@@H](c2ccc3c(c2)C2(CN(C(=O)OC(C)C)C2)C(=O)N3Cc2nc3c([nH]2)C(O)CCC3Cc2ccc3c(c2)C2(CN(C(=O)OC(C)C)C2)C(=O)/C(=C\Cc2nc4c([nH]2)CCCC4=O)C3)Cc2nc(CN3C(=O)C4(CN(C(=O)OC(C)C)C4)c4ccccc43)n(CCCC(F)(F)F)c21. The van der Waals surface area contributed by atoms with Gasteiger partial charge in [0.25, 0.3) is 0 Å². The Labute approximate surface area is 582 Å². The van der Waals surface area contributed by atoms with Crippen LogP contribution in [-0.4, -0.2) is 162 Å². The number of alkyl halides is 3. The molecule has 5 amide bonds. The molecule has 3 unspecified atom stereocenters. The van der Waals surface area contributed by atoms with Gasteiger partial charge in [0.15, 0.2) is 11.6 Å². The standard InChI is InChI=1S/C75H84F3N11O12/c1-40(2)99-69(95)84-34-72(35-84)50-27-43(16-17-45(50)28-47(66(72)92)20-23-59-79-52-13-10-15-56(90)63(52)81-59)26-46-19-22-57(91)64-62(46)82-60(83-64)32-88-55-21-18-44(29-51(55)74(68(88)94)38-86(39-74)71(97)101-42(5)6)48-30-53-65(58(31-48)98-7)87(25-11-24-75(76,77)78)61(80-53)33-89-54-14-9-8-12-49(54)73(67(89)93)36-85(37-73)70(96)100-41(3)4/h8-9,12,14,16-18,20-21,27,29,40-42,46,48,57-58,91H,10-11,13,15,19,22-26,28,30-39H2,1-7H3,(H,79,81)(H,82,83)/b47-20-/t46?,48-,57?,58?/m0/s1. The van der Waals surface area contributed by atoms with Gasteiger partial charge in [-0.2, -0.15) is 13.2 Å². The summed E-state index contributed by atoms with van der Waals surface area (Å²) in [5.41, 5.74) is 7.54. The second kappa shape index (κ2) is 25.4. The Morgan fingerprint density at radius 2 is 1.37 bits per heavy atom. The van der Waals surface area contributed by atoms with Crippen molar-refractivity contribution in [2.45, 2.75) is 203 Å². The maximum atomic E-state index is 15.4. The molecular weight excluding hydrogens is 1300 g/mol. The van der Waals surface area contributed by atoms with Crippen LogP contribution in [0.1, 0.15) is 200 Å². The number of ether oxygens (including phenoxy) is 4. The van der Waals surface area contributed by atoms with Gasteiger partial charge in [-0.3, -0.25) is 19.2 Å². The Bertz CT molecular complexity index is 4410. The fourth-order valence-electron chi connectivity index (χ4n) is 17.3. The molecule has 23 nitrogen and oxygen atoms in total. The molecule has 3 aromatic heterocycles. The van der Waals surface area contributed by atoms with Crippen LogP contribution in [0.3, 0.4) is 0 Å². The number of aromatic nitrogens is 6. The first-order valence-corrected chi connectivity index (χ1v) is 35.4. The average Bonchev–Trinajstić information content (AvgIpc) is 1.39. The van der Waals surface area contributed by atoms with Gasteiger partial charge in [0.1, 0.15) is 34.0 Å². The Hall–Kier alpha value is -9.17. The second-order valence-corrected chi connectivity index (χ2v) is 30.0. The summed E-state index contributed by atoms with van der Waals surface area (Å²) in [6, 6.07) is 19.5. The van der Waals surface area contributed by atoms with Gasteiger partial charge in [0.05, 0.1) is 71.8 Å². The van der Waals surface area contributed by atoms with Crippen LogP contribution in [0.15, 0.2) is 72.3 Å². The summed E-state index contributed by atoms with van der Waals surface area (Å²) in [5, 5.41) is 11.6. The minimum atomic E-state index is -4.42. The van der Waals surface area contributed by atoms with E-state index < -0.39 is 65.4 Å². The molecule has 3 saturated heterocycles. The number of Topliss-reactive ketones (excluding diaryl/α,β-unsaturated/α-hetero) is 2. The quantitative estimate of drug-likeness (QED) is 0.0601. The van der Waals surface area contributed by atoms with E-state index in [0.29, 0.717) is 120 Å². The first kappa shape index (κ1) is 67.6. The Kier molecular flexibility index (Phi) is 17.0. The van der Waals surface area contributed by atoms with Gasteiger partial charge in [-0.25, -0.2) is 29.3 Å². The number of benzene rings is 3. The van der Waals surface area contributed by atoms with Crippen molar-refractivity contribution in [1.29, 1.82) is 0 Å². The number of nitrogens with one attached hydrogen (secondary N) is 2. The van der Waals surface area contributed by atoms with Crippen LogP contribution < -0.4 is 9.80 Å². The third kappa shape index (κ3) is 11.8. The number of aliphatic hydroxyl groups is 1. The highest BCUT2D eigenvalue weighted by Crippen LogP contribution is 2.53. The summed E-state index contributed by atoms with van der Waals surface area (Å²) >= 11 is 0. The van der Waals surface area contributed by atoms with Gasteiger partial charge in [-0.1, -0.05) is 54.6 Å². The lowest BCUT2D eigenvalue weighted by atomic mass is 9.62. The molecule has 6 aromatic rings. The summed E-state index contributed by atoms with van der Waals surface area (Å²) in [6.45, 7) is 11.1. The number of anilines is 2. The number of aromatic amines is 2. The van der Waals surface area contributed by atoms with Crippen molar-refractivity contribution < 1.29 is 70.8 Å². The Morgan fingerprint density at radius 3 is 2.02 bits per heavy atom. The minimum Gasteiger partial charge on any atom is -0.447 e. The Morgan fingerprint density at radius 1 is 0.723 bits per heavy atom. The number of amides is 5. The molecule has 0 saturated carbocycles. The number of methoxy groups -OCH3 is 1. The first-order chi connectivity index (χ1) is 48.2. The third-order valence-electron chi connectivity index (χ3n) is 22.1. The van der Waals surface area contributed by atoms with Gasteiger partial charge in [-0.15, -0.1) is 0 Å². The smallest absolute Gasteiger partial charge is 0.410 e. The number of aliphatic hydroxyl groups excluding tert-OH is 1. The molecule has 4 atom stereocenters. The maximum absolute atomic E-state index is 15.4.